The number of methoxy groups -OCH3 is 1. The van der Waals surface area contributed by atoms with Gasteiger partial charge in [0.1, 0.15) is 23.4 Å². The molecule has 10 nitrogen and oxygen atoms in total. The molecule has 0 aliphatic carbocycles. The second-order valence-electron chi connectivity index (χ2n) is 8.96. The van der Waals surface area contributed by atoms with Crippen LogP contribution < -0.4 is 14.8 Å². The highest BCUT2D eigenvalue weighted by Crippen LogP contribution is 2.31. The van der Waals surface area contributed by atoms with Crippen LogP contribution in [0.15, 0.2) is 47.4 Å². The molecule has 1 aliphatic rings. The van der Waals surface area contributed by atoms with Gasteiger partial charge in [-0.05, 0) is 43.3 Å². The predicted octanol–water partition coefficient (Wildman–Crippen LogP) is 3.91. The zero-order chi connectivity index (χ0) is 27.4. The van der Waals surface area contributed by atoms with Gasteiger partial charge in [0.25, 0.3) is 5.91 Å². The van der Waals surface area contributed by atoms with E-state index in [4.69, 9.17) is 14.2 Å². The molecule has 12 heteroatoms. The van der Waals surface area contributed by atoms with Gasteiger partial charge in [-0.2, -0.15) is 0 Å². The van der Waals surface area contributed by atoms with Crippen molar-refractivity contribution in [3.8, 4) is 17.2 Å². The number of hydrogen-bond acceptors (Lipinski definition) is 9. The first-order valence-corrected chi connectivity index (χ1v) is 14.6. The Morgan fingerprint density at radius 3 is 2.50 bits per heavy atom. The quantitative estimate of drug-likeness (QED) is 0.419. The van der Waals surface area contributed by atoms with Gasteiger partial charge in [-0.3, -0.25) is 14.9 Å². The Labute approximate surface area is 225 Å². The number of thiazole rings is 1. The molecular weight excluding hydrogens is 530 g/mol. The second-order valence-corrected chi connectivity index (χ2v) is 12.1. The smallest absolute Gasteiger partial charge is 0.257 e. The maximum atomic E-state index is 13.2. The monoisotopic (exact) mass is 559 g/mol. The van der Waals surface area contributed by atoms with Crippen LogP contribution >= 0.6 is 11.3 Å². The third-order valence-corrected chi connectivity index (χ3v) is 7.89. The summed E-state index contributed by atoms with van der Waals surface area (Å²) in [6.07, 6.45) is 1.49. The molecule has 0 saturated carbocycles. The number of aromatic nitrogens is 1. The lowest BCUT2D eigenvalue weighted by Crippen LogP contribution is -2.33. The van der Waals surface area contributed by atoms with Gasteiger partial charge in [0.15, 0.2) is 15.0 Å². The first-order chi connectivity index (χ1) is 18.0. The molecule has 2 heterocycles. The van der Waals surface area contributed by atoms with Crippen molar-refractivity contribution in [1.82, 2.24) is 9.88 Å². The van der Waals surface area contributed by atoms with Crippen molar-refractivity contribution in [2.24, 2.45) is 0 Å². The minimum absolute atomic E-state index is 0.00707. The molecule has 1 atom stereocenters. The van der Waals surface area contributed by atoms with E-state index in [1.54, 1.807) is 42.3 Å². The SMILES string of the molecule is COCC(C)Oc1cc(Oc2ccc(S(C)(=O)=O)cc2)cc(C(=O)Nc2nc3c(s2)CN(C(C)=O)CC3)c1. The Balaban J connectivity index is 1.57. The molecule has 0 radical (unpaired) electrons. The maximum absolute atomic E-state index is 13.2. The zero-order valence-electron chi connectivity index (χ0n) is 21.5. The summed E-state index contributed by atoms with van der Waals surface area (Å²) in [7, 11) is -1.77. The molecule has 1 aliphatic heterocycles. The summed E-state index contributed by atoms with van der Waals surface area (Å²) < 4.78 is 40.5. The van der Waals surface area contributed by atoms with E-state index in [0.29, 0.717) is 48.5 Å². The van der Waals surface area contributed by atoms with Gasteiger partial charge in [0.05, 0.1) is 23.7 Å². The number of ether oxygens (including phenoxy) is 3. The van der Waals surface area contributed by atoms with Crippen LogP contribution in [-0.4, -0.2) is 62.7 Å². The number of benzene rings is 2. The Morgan fingerprint density at radius 2 is 1.84 bits per heavy atom. The summed E-state index contributed by atoms with van der Waals surface area (Å²) in [4.78, 5) is 32.4. The van der Waals surface area contributed by atoms with Gasteiger partial charge in [-0.25, -0.2) is 13.4 Å². The van der Waals surface area contributed by atoms with Crippen molar-refractivity contribution in [2.45, 2.75) is 37.8 Å². The summed E-state index contributed by atoms with van der Waals surface area (Å²) in [5, 5.41) is 3.29. The number of carbonyl (C=O) groups excluding carboxylic acids is 2. The van der Waals surface area contributed by atoms with Crippen LogP contribution in [0.2, 0.25) is 0 Å². The molecule has 2 aromatic carbocycles. The molecular formula is C26H29N3O7S2. The number of nitrogens with one attached hydrogen (secondary N) is 1. The summed E-state index contributed by atoms with van der Waals surface area (Å²) in [6.45, 7) is 4.81. The molecule has 202 valence electrons. The third kappa shape index (κ3) is 6.88. The number of carbonyl (C=O) groups is 2. The van der Waals surface area contributed by atoms with Gasteiger partial charge in [0.2, 0.25) is 5.91 Å². The second kappa shape index (κ2) is 11.5. The molecule has 4 rings (SSSR count). The van der Waals surface area contributed by atoms with E-state index in [1.165, 1.54) is 30.4 Å². The minimum Gasteiger partial charge on any atom is -0.488 e. The standard InChI is InChI=1S/C26H29N3O7S2/c1-16(15-34-3)35-20-11-18(12-21(13-20)36-19-5-7-22(8-6-19)38(4,32)33)25(31)28-26-27-23-9-10-29(17(2)30)14-24(23)37-26/h5-8,11-13,16H,9-10,14-15H2,1-4H3,(H,27,28,31). The number of anilines is 1. The molecule has 3 aromatic rings. The first kappa shape index (κ1) is 27.6. The van der Waals surface area contributed by atoms with Gasteiger partial charge in [-0.1, -0.05) is 11.3 Å². The molecule has 0 spiro atoms. The van der Waals surface area contributed by atoms with Gasteiger partial charge >= 0.3 is 0 Å². The van der Waals surface area contributed by atoms with Gasteiger partial charge < -0.3 is 19.1 Å². The normalized spacial score (nSPS) is 13.9. The molecule has 0 fully saturated rings. The lowest BCUT2D eigenvalue weighted by Gasteiger charge is -2.24. The average Bonchev–Trinajstić information content (AvgIpc) is 3.25. The number of hydrogen-bond donors (Lipinski definition) is 1. The molecule has 38 heavy (non-hydrogen) atoms. The average molecular weight is 560 g/mol. The maximum Gasteiger partial charge on any atom is 0.257 e. The van der Waals surface area contributed by atoms with Crippen LogP contribution in [0.1, 0.15) is 34.8 Å². The van der Waals surface area contributed by atoms with Crippen LogP contribution in [0, 0.1) is 0 Å². The van der Waals surface area contributed by atoms with Crippen LogP contribution in [0.4, 0.5) is 5.13 Å². The number of nitrogens with zero attached hydrogens (tertiary/aromatic N) is 2. The van der Waals surface area contributed by atoms with Crippen molar-refractivity contribution in [3.63, 3.8) is 0 Å². The van der Waals surface area contributed by atoms with Gasteiger partial charge in [0, 0.05) is 49.8 Å². The lowest BCUT2D eigenvalue weighted by atomic mass is 10.2. The fraction of sp³-hybridized carbons (Fsp3) is 0.346. The Hall–Kier alpha value is -3.48. The van der Waals surface area contributed by atoms with Crippen LogP contribution in [0.5, 0.6) is 17.2 Å². The van der Waals surface area contributed by atoms with Crippen molar-refractivity contribution in [1.29, 1.82) is 0 Å². The summed E-state index contributed by atoms with van der Waals surface area (Å²) in [5.74, 6) is 0.739. The molecule has 2 amide bonds. The van der Waals surface area contributed by atoms with Crippen molar-refractivity contribution in [3.05, 3.63) is 58.6 Å². The van der Waals surface area contributed by atoms with Crippen molar-refractivity contribution >= 4 is 38.1 Å². The summed E-state index contributed by atoms with van der Waals surface area (Å²) >= 11 is 1.35. The summed E-state index contributed by atoms with van der Waals surface area (Å²) in [5.41, 5.74) is 1.17. The topological polar surface area (TPSA) is 124 Å². The van der Waals surface area contributed by atoms with E-state index in [0.717, 1.165) is 16.8 Å². The van der Waals surface area contributed by atoms with E-state index in [-0.39, 0.29) is 22.5 Å². The van der Waals surface area contributed by atoms with E-state index in [1.807, 2.05) is 6.92 Å². The Morgan fingerprint density at radius 1 is 1.13 bits per heavy atom. The zero-order valence-corrected chi connectivity index (χ0v) is 23.1. The fourth-order valence-electron chi connectivity index (χ4n) is 3.91. The number of rotatable bonds is 9. The molecule has 1 N–H and O–H groups in total. The lowest BCUT2D eigenvalue weighted by molar-refractivity contribution is -0.129. The highest BCUT2D eigenvalue weighted by molar-refractivity contribution is 7.90. The molecule has 0 bridgehead atoms. The van der Waals surface area contributed by atoms with E-state index in [9.17, 15) is 18.0 Å². The number of amides is 2. The van der Waals surface area contributed by atoms with Crippen LogP contribution in [-0.2, 0) is 32.3 Å². The largest absolute Gasteiger partial charge is 0.488 e. The van der Waals surface area contributed by atoms with E-state index in [2.05, 4.69) is 10.3 Å². The van der Waals surface area contributed by atoms with Crippen molar-refractivity contribution in [2.75, 3.05) is 31.8 Å². The van der Waals surface area contributed by atoms with Crippen LogP contribution in [0.25, 0.3) is 0 Å². The highest BCUT2D eigenvalue weighted by Gasteiger charge is 2.23. The number of sulfone groups is 1. The fourth-order valence-corrected chi connectivity index (χ4v) is 5.56. The third-order valence-electron chi connectivity index (χ3n) is 5.77. The van der Waals surface area contributed by atoms with Gasteiger partial charge in [-0.15, -0.1) is 0 Å². The highest BCUT2D eigenvalue weighted by atomic mass is 32.2. The van der Waals surface area contributed by atoms with Crippen LogP contribution in [0.3, 0.4) is 0 Å². The first-order valence-electron chi connectivity index (χ1n) is 11.9. The number of fused-ring (bicyclic) bond motifs is 1. The van der Waals surface area contributed by atoms with Crippen molar-refractivity contribution < 1.29 is 32.2 Å². The molecule has 1 aromatic heterocycles. The Kier molecular flexibility index (Phi) is 8.34. The molecule has 0 saturated heterocycles. The Bertz CT molecular complexity index is 1440. The predicted molar refractivity (Wildman–Crippen MR) is 143 cm³/mol. The molecule has 1 unspecified atom stereocenters. The minimum atomic E-state index is -3.34. The summed E-state index contributed by atoms with van der Waals surface area (Å²) in [6, 6.07) is 10.8. The van der Waals surface area contributed by atoms with E-state index < -0.39 is 15.7 Å². The van der Waals surface area contributed by atoms with E-state index >= 15 is 0 Å².